The van der Waals surface area contributed by atoms with Crippen LogP contribution in [0.1, 0.15) is 27.7 Å². The summed E-state index contributed by atoms with van der Waals surface area (Å²) in [5.74, 6) is -2.61. The van der Waals surface area contributed by atoms with Crippen LogP contribution in [0.25, 0.3) is 0 Å². The Balaban J connectivity index is 0.00000116. The second kappa shape index (κ2) is 16.2. The van der Waals surface area contributed by atoms with Crippen molar-refractivity contribution in [3.63, 3.8) is 0 Å². The van der Waals surface area contributed by atoms with E-state index in [1.54, 1.807) is 29.2 Å². The number of sulfone groups is 1. The van der Waals surface area contributed by atoms with Gasteiger partial charge in [0.2, 0.25) is 0 Å². The minimum absolute atomic E-state index is 0.0800. The largest absolute Gasteiger partial charge is 0.478 e. The summed E-state index contributed by atoms with van der Waals surface area (Å²) in [6.07, 6.45) is 1.12. The number of rotatable bonds is 12. The highest BCUT2D eigenvalue weighted by Gasteiger charge is 2.21. The lowest BCUT2D eigenvalue weighted by atomic mass is 10.3. The molecule has 10 nitrogen and oxygen atoms in total. The van der Waals surface area contributed by atoms with Gasteiger partial charge in [-0.2, -0.15) is 0 Å². The first-order valence-electron chi connectivity index (χ1n) is 10.7. The maximum absolute atomic E-state index is 12.5. The van der Waals surface area contributed by atoms with Crippen LogP contribution in [-0.4, -0.2) is 90.9 Å². The first-order valence-corrected chi connectivity index (χ1v) is 13.2. The highest BCUT2D eigenvalue weighted by molar-refractivity contribution is 9.10. The van der Waals surface area contributed by atoms with Crippen LogP contribution in [0.4, 0.5) is 4.79 Å². The molecule has 1 aromatic carbocycles. The number of nitrogens with one attached hydrogen (secondary N) is 1. The van der Waals surface area contributed by atoms with E-state index in [9.17, 15) is 22.8 Å². The number of nitrogens with zero attached hydrogens (tertiary/aromatic N) is 2. The molecule has 1 rings (SSSR count). The minimum atomic E-state index is -3.43. The number of halogens is 1. The summed E-state index contributed by atoms with van der Waals surface area (Å²) in [5, 5.41) is 18.5. The molecule has 0 saturated carbocycles. The standard InChI is InChI=1S/C18H30BrN3O3S.C4H4O4/c1-5-21(6-2)12-11-20-18(23)22(15(3)4)13-14-26(24,25)17-9-7-16(19)8-10-17;5-3(6)1-2-4(7)8/h7-10,15H,5-6,11-14H2,1-4H3,(H,20,23);1-2H,(H,5,6)(H,7,8). The zero-order valence-corrected chi connectivity index (χ0v) is 22.3. The van der Waals surface area contributed by atoms with Crippen molar-refractivity contribution in [2.75, 3.05) is 38.5 Å². The molecule has 12 heteroatoms. The molecule has 0 aliphatic rings. The summed E-state index contributed by atoms with van der Waals surface area (Å²) < 4.78 is 25.8. The van der Waals surface area contributed by atoms with E-state index in [4.69, 9.17) is 10.2 Å². The van der Waals surface area contributed by atoms with E-state index >= 15 is 0 Å². The third-order valence-corrected chi connectivity index (χ3v) is 6.86. The predicted molar refractivity (Wildman–Crippen MR) is 134 cm³/mol. The molecule has 0 unspecified atom stereocenters. The number of amides is 2. The Morgan fingerprint density at radius 3 is 1.91 bits per heavy atom. The fraction of sp³-hybridized carbons (Fsp3) is 0.500. The van der Waals surface area contributed by atoms with Gasteiger partial charge in [0.15, 0.2) is 9.84 Å². The van der Waals surface area contributed by atoms with E-state index in [1.165, 1.54) is 0 Å². The second-order valence-electron chi connectivity index (χ2n) is 7.33. The van der Waals surface area contributed by atoms with Gasteiger partial charge in [-0.15, -0.1) is 0 Å². The lowest BCUT2D eigenvalue weighted by molar-refractivity contribution is -0.134. The van der Waals surface area contributed by atoms with Crippen LogP contribution in [0.15, 0.2) is 45.8 Å². The highest BCUT2D eigenvalue weighted by atomic mass is 79.9. The van der Waals surface area contributed by atoms with Crippen molar-refractivity contribution in [3.05, 3.63) is 40.9 Å². The van der Waals surface area contributed by atoms with Crippen LogP contribution in [0, 0.1) is 0 Å². The number of hydrogen-bond donors (Lipinski definition) is 3. The zero-order valence-electron chi connectivity index (χ0n) is 19.9. The molecule has 34 heavy (non-hydrogen) atoms. The zero-order chi connectivity index (χ0) is 26.3. The smallest absolute Gasteiger partial charge is 0.328 e. The first kappa shape index (κ1) is 31.6. The third-order valence-electron chi connectivity index (χ3n) is 4.63. The number of carboxylic acids is 2. The Morgan fingerprint density at radius 2 is 1.50 bits per heavy atom. The van der Waals surface area contributed by atoms with Crippen molar-refractivity contribution in [2.24, 2.45) is 0 Å². The molecule has 0 aromatic heterocycles. The topological polar surface area (TPSA) is 144 Å². The molecule has 0 radical (unpaired) electrons. The van der Waals surface area contributed by atoms with E-state index in [-0.39, 0.29) is 29.3 Å². The molecular weight excluding hydrogens is 530 g/mol. The first-order chi connectivity index (χ1) is 15.8. The molecule has 0 aliphatic heterocycles. The highest BCUT2D eigenvalue weighted by Crippen LogP contribution is 2.16. The average Bonchev–Trinajstić information content (AvgIpc) is 2.76. The van der Waals surface area contributed by atoms with E-state index in [1.807, 2.05) is 13.8 Å². The van der Waals surface area contributed by atoms with Crippen LogP contribution < -0.4 is 5.32 Å². The molecule has 0 spiro atoms. The van der Waals surface area contributed by atoms with Crippen LogP contribution >= 0.6 is 15.9 Å². The minimum Gasteiger partial charge on any atom is -0.478 e. The molecule has 192 valence electrons. The van der Waals surface area contributed by atoms with Crippen molar-refractivity contribution in [3.8, 4) is 0 Å². The Bertz CT molecular complexity index is 899. The number of carbonyl (C=O) groups excluding carboxylic acids is 1. The van der Waals surface area contributed by atoms with Gasteiger partial charge in [-0.1, -0.05) is 29.8 Å². The van der Waals surface area contributed by atoms with Gasteiger partial charge in [-0.05, 0) is 51.2 Å². The maximum atomic E-state index is 12.5. The van der Waals surface area contributed by atoms with Gasteiger partial charge < -0.3 is 25.3 Å². The van der Waals surface area contributed by atoms with Crippen molar-refractivity contribution < 1.29 is 33.0 Å². The van der Waals surface area contributed by atoms with Gasteiger partial charge in [0.1, 0.15) is 0 Å². The summed E-state index contributed by atoms with van der Waals surface area (Å²) >= 11 is 3.30. The van der Waals surface area contributed by atoms with Gasteiger partial charge in [0.05, 0.1) is 10.6 Å². The molecule has 2 amide bonds. The second-order valence-corrected chi connectivity index (χ2v) is 10.4. The number of carboxylic acid groups (broad SMARTS) is 2. The number of aliphatic carboxylic acids is 2. The van der Waals surface area contributed by atoms with E-state index < -0.39 is 21.8 Å². The van der Waals surface area contributed by atoms with Gasteiger partial charge >= 0.3 is 18.0 Å². The van der Waals surface area contributed by atoms with Crippen LogP contribution in [0.2, 0.25) is 0 Å². The molecular formula is C22H34BrN3O7S. The lowest BCUT2D eigenvalue weighted by Crippen LogP contribution is -2.47. The van der Waals surface area contributed by atoms with Gasteiger partial charge in [-0.25, -0.2) is 22.8 Å². The summed E-state index contributed by atoms with van der Waals surface area (Å²) in [6, 6.07) is 6.24. The molecule has 0 aliphatic carbocycles. The third kappa shape index (κ3) is 13.3. The van der Waals surface area contributed by atoms with Crippen molar-refractivity contribution in [1.29, 1.82) is 0 Å². The lowest BCUT2D eigenvalue weighted by Gasteiger charge is -2.27. The van der Waals surface area contributed by atoms with Crippen LogP contribution in [-0.2, 0) is 19.4 Å². The fourth-order valence-corrected chi connectivity index (χ4v) is 4.17. The van der Waals surface area contributed by atoms with Crippen LogP contribution in [0.5, 0.6) is 0 Å². The number of hydrogen-bond acceptors (Lipinski definition) is 6. The molecule has 0 heterocycles. The molecule has 0 fully saturated rings. The quantitative estimate of drug-likeness (QED) is 0.329. The Kier molecular flexibility index (Phi) is 15.1. The summed E-state index contributed by atoms with van der Waals surface area (Å²) in [6.45, 7) is 11.3. The molecule has 1 aromatic rings. The Hall–Kier alpha value is -2.44. The monoisotopic (exact) mass is 563 g/mol. The molecule has 3 N–H and O–H groups in total. The van der Waals surface area contributed by atoms with Crippen molar-refractivity contribution >= 4 is 43.7 Å². The Morgan fingerprint density at radius 1 is 1.00 bits per heavy atom. The number of likely N-dealkylation sites (N-methyl/N-ethyl adjacent to an activating group) is 1. The number of benzene rings is 1. The normalized spacial score (nSPS) is 11.3. The van der Waals surface area contributed by atoms with Crippen LogP contribution in [0.3, 0.4) is 0 Å². The van der Waals surface area contributed by atoms with E-state index in [0.29, 0.717) is 18.7 Å². The molecule has 0 bridgehead atoms. The summed E-state index contributed by atoms with van der Waals surface area (Å²) in [7, 11) is -3.43. The van der Waals surface area contributed by atoms with Crippen molar-refractivity contribution in [1.82, 2.24) is 15.1 Å². The summed E-state index contributed by atoms with van der Waals surface area (Å²) in [4.78, 5) is 35.6. The SMILES string of the molecule is CCN(CC)CCNC(=O)N(CCS(=O)(=O)c1ccc(Br)cc1)C(C)C.O=C(O)C=CC(=O)O. The fourth-order valence-electron chi connectivity index (χ4n) is 2.68. The predicted octanol–water partition coefficient (Wildman–Crippen LogP) is 2.70. The van der Waals surface area contributed by atoms with E-state index in [2.05, 4.69) is 40.0 Å². The van der Waals surface area contributed by atoms with E-state index in [0.717, 1.165) is 24.1 Å². The average molecular weight is 564 g/mol. The summed E-state index contributed by atoms with van der Waals surface area (Å²) in [5.41, 5.74) is 0. The number of urea groups is 1. The van der Waals surface area contributed by atoms with Crippen molar-refractivity contribution in [2.45, 2.75) is 38.6 Å². The van der Waals surface area contributed by atoms with Gasteiger partial charge in [0.25, 0.3) is 0 Å². The maximum Gasteiger partial charge on any atom is 0.328 e. The number of carbonyl (C=O) groups is 3. The Labute approximate surface area is 209 Å². The molecule has 0 atom stereocenters. The van der Waals surface area contributed by atoms with Gasteiger partial charge in [0, 0.05) is 42.3 Å². The molecule has 0 saturated heterocycles. The van der Waals surface area contributed by atoms with Gasteiger partial charge in [-0.3, -0.25) is 0 Å².